The lowest BCUT2D eigenvalue weighted by Gasteiger charge is -2.02. The molecule has 0 heterocycles. The van der Waals surface area contributed by atoms with Gasteiger partial charge in [-0.25, -0.2) is 4.39 Å². The Balaban J connectivity index is 2.50. The summed E-state index contributed by atoms with van der Waals surface area (Å²) in [5.74, 6) is 1.12. The molecule has 0 aliphatic carbocycles. The number of thioether (sulfide) groups is 1. The van der Waals surface area contributed by atoms with Crippen LogP contribution in [0.4, 0.5) is 4.39 Å². The van der Waals surface area contributed by atoms with Crippen LogP contribution in [0.25, 0.3) is 0 Å². The third kappa shape index (κ3) is 4.36. The first-order valence-electron chi connectivity index (χ1n) is 4.57. The maximum atomic E-state index is 12.7. The van der Waals surface area contributed by atoms with Gasteiger partial charge >= 0.3 is 0 Å². The number of ether oxygens (including phenoxy) is 1. The van der Waals surface area contributed by atoms with Crippen molar-refractivity contribution in [3.8, 4) is 5.75 Å². The molecule has 0 aromatic heterocycles. The van der Waals surface area contributed by atoms with E-state index >= 15 is 0 Å². The van der Waals surface area contributed by atoms with Gasteiger partial charge in [-0.1, -0.05) is 6.07 Å². The van der Waals surface area contributed by atoms with Crippen LogP contribution in [0.2, 0.25) is 0 Å². The summed E-state index contributed by atoms with van der Waals surface area (Å²) >= 11 is 1.54. The van der Waals surface area contributed by atoms with Crippen molar-refractivity contribution in [2.24, 2.45) is 5.73 Å². The first kappa shape index (κ1) is 12.1. The largest absolute Gasteiger partial charge is 0.497 e. The van der Waals surface area contributed by atoms with Crippen LogP contribution in [-0.2, 0) is 0 Å². The highest BCUT2D eigenvalue weighted by Gasteiger charge is 1.96. The maximum absolute atomic E-state index is 12.7. The predicted octanol–water partition coefficient (Wildman–Crippen LogP) is 2.60. The standard InChI is InChI=1S/C11H14FNOS/c1-14-10-3-2-4-11(7-10)15-6-5-9(12)8-13/h2-5,7H,6,8,13H2,1H3/b9-5-. The van der Waals surface area contributed by atoms with Gasteiger partial charge < -0.3 is 10.5 Å². The van der Waals surface area contributed by atoms with Gasteiger partial charge in [0.1, 0.15) is 11.6 Å². The van der Waals surface area contributed by atoms with Crippen LogP contribution in [0.3, 0.4) is 0 Å². The van der Waals surface area contributed by atoms with E-state index in [2.05, 4.69) is 0 Å². The number of hydrogen-bond acceptors (Lipinski definition) is 3. The molecule has 0 atom stereocenters. The van der Waals surface area contributed by atoms with Crippen molar-refractivity contribution in [1.29, 1.82) is 0 Å². The van der Waals surface area contributed by atoms with Crippen LogP contribution in [-0.4, -0.2) is 19.4 Å². The van der Waals surface area contributed by atoms with Gasteiger partial charge in [-0.2, -0.15) is 0 Å². The highest BCUT2D eigenvalue weighted by molar-refractivity contribution is 7.99. The molecule has 0 saturated heterocycles. The molecule has 0 amide bonds. The molecule has 0 saturated carbocycles. The number of benzene rings is 1. The summed E-state index contributed by atoms with van der Waals surface area (Å²) < 4.78 is 17.8. The second-order valence-corrected chi connectivity index (χ2v) is 3.94. The van der Waals surface area contributed by atoms with Crippen molar-refractivity contribution >= 4 is 11.8 Å². The van der Waals surface area contributed by atoms with E-state index in [1.807, 2.05) is 24.3 Å². The van der Waals surface area contributed by atoms with Crippen molar-refractivity contribution in [3.63, 3.8) is 0 Å². The fraction of sp³-hybridized carbons (Fsp3) is 0.273. The van der Waals surface area contributed by atoms with Crippen LogP contribution in [0.1, 0.15) is 0 Å². The molecule has 0 unspecified atom stereocenters. The molecule has 0 bridgehead atoms. The Morgan fingerprint density at radius 1 is 1.60 bits per heavy atom. The molecule has 0 aliphatic rings. The van der Waals surface area contributed by atoms with Crippen LogP contribution in [0.5, 0.6) is 5.75 Å². The first-order valence-corrected chi connectivity index (χ1v) is 5.56. The third-order valence-corrected chi connectivity index (χ3v) is 2.71. The average molecular weight is 227 g/mol. The fourth-order valence-electron chi connectivity index (χ4n) is 1.00. The highest BCUT2D eigenvalue weighted by atomic mass is 32.2. The van der Waals surface area contributed by atoms with Crippen LogP contribution in [0, 0.1) is 0 Å². The summed E-state index contributed by atoms with van der Waals surface area (Å²) in [5, 5.41) is 0. The number of methoxy groups -OCH3 is 1. The maximum Gasteiger partial charge on any atom is 0.119 e. The molecule has 2 nitrogen and oxygen atoms in total. The Hall–Kier alpha value is -1.00. The van der Waals surface area contributed by atoms with Crippen LogP contribution in [0.15, 0.2) is 41.1 Å². The summed E-state index contributed by atoms with van der Waals surface area (Å²) in [6, 6.07) is 7.66. The number of hydrogen-bond donors (Lipinski definition) is 1. The molecule has 0 aliphatic heterocycles. The monoisotopic (exact) mass is 227 g/mol. The van der Waals surface area contributed by atoms with Gasteiger partial charge in [0.05, 0.1) is 7.11 Å². The lowest BCUT2D eigenvalue weighted by atomic mass is 10.3. The molecule has 15 heavy (non-hydrogen) atoms. The Morgan fingerprint density at radius 3 is 3.07 bits per heavy atom. The van der Waals surface area contributed by atoms with Crippen molar-refractivity contribution in [3.05, 3.63) is 36.2 Å². The second-order valence-electron chi connectivity index (χ2n) is 2.85. The van der Waals surface area contributed by atoms with Gasteiger partial charge in [-0.15, -0.1) is 11.8 Å². The summed E-state index contributed by atoms with van der Waals surface area (Å²) in [5.41, 5.74) is 5.12. The van der Waals surface area contributed by atoms with Crippen LogP contribution < -0.4 is 10.5 Å². The number of nitrogens with two attached hydrogens (primary N) is 1. The molecule has 2 N–H and O–H groups in total. The summed E-state index contributed by atoms with van der Waals surface area (Å²) in [6.45, 7) is -0.0291. The minimum Gasteiger partial charge on any atom is -0.497 e. The second kappa shape index (κ2) is 6.48. The molecular formula is C11H14FNOS. The van der Waals surface area contributed by atoms with E-state index < -0.39 is 0 Å². The lowest BCUT2D eigenvalue weighted by Crippen LogP contribution is -1.98. The van der Waals surface area contributed by atoms with Crippen molar-refractivity contribution in [2.75, 3.05) is 19.4 Å². The van der Waals surface area contributed by atoms with Crippen LogP contribution >= 0.6 is 11.8 Å². The Bertz CT molecular complexity index is 341. The number of rotatable bonds is 5. The van der Waals surface area contributed by atoms with Gasteiger partial charge in [0, 0.05) is 17.2 Å². The predicted molar refractivity (Wildman–Crippen MR) is 62.0 cm³/mol. The van der Waals surface area contributed by atoms with Gasteiger partial charge in [0.2, 0.25) is 0 Å². The fourth-order valence-corrected chi connectivity index (χ4v) is 1.83. The molecule has 1 aromatic rings. The zero-order chi connectivity index (χ0) is 11.1. The SMILES string of the molecule is COc1cccc(SC/C=C(\F)CN)c1. The normalized spacial score (nSPS) is 11.5. The zero-order valence-corrected chi connectivity index (χ0v) is 9.39. The van der Waals surface area contributed by atoms with E-state index in [4.69, 9.17) is 10.5 Å². The molecule has 1 rings (SSSR count). The average Bonchev–Trinajstić information content (AvgIpc) is 2.29. The van der Waals surface area contributed by atoms with Gasteiger partial charge in [-0.05, 0) is 24.3 Å². The first-order chi connectivity index (χ1) is 7.26. The van der Waals surface area contributed by atoms with Gasteiger partial charge in [0.25, 0.3) is 0 Å². The molecule has 0 spiro atoms. The lowest BCUT2D eigenvalue weighted by molar-refractivity contribution is 0.413. The van der Waals surface area contributed by atoms with Crippen molar-refractivity contribution in [2.45, 2.75) is 4.90 Å². The Kier molecular flexibility index (Phi) is 5.21. The zero-order valence-electron chi connectivity index (χ0n) is 8.57. The Labute approximate surface area is 93.3 Å². The highest BCUT2D eigenvalue weighted by Crippen LogP contribution is 2.22. The summed E-state index contributed by atoms with van der Waals surface area (Å²) in [7, 11) is 1.62. The minimum absolute atomic E-state index is 0.0291. The Morgan fingerprint density at radius 2 is 2.40 bits per heavy atom. The van der Waals surface area contributed by atoms with E-state index in [-0.39, 0.29) is 12.4 Å². The molecule has 4 heteroatoms. The van der Waals surface area contributed by atoms with E-state index in [0.717, 1.165) is 10.6 Å². The van der Waals surface area contributed by atoms with Crippen molar-refractivity contribution in [1.82, 2.24) is 0 Å². The smallest absolute Gasteiger partial charge is 0.119 e. The van der Waals surface area contributed by atoms with E-state index in [0.29, 0.717) is 5.75 Å². The molecule has 0 radical (unpaired) electrons. The molecular weight excluding hydrogens is 213 g/mol. The molecule has 1 aromatic carbocycles. The number of halogens is 1. The topological polar surface area (TPSA) is 35.2 Å². The molecule has 0 fully saturated rings. The van der Waals surface area contributed by atoms with E-state index in [9.17, 15) is 4.39 Å². The third-order valence-electron chi connectivity index (χ3n) is 1.79. The summed E-state index contributed by atoms with van der Waals surface area (Å²) in [6.07, 6.45) is 1.49. The summed E-state index contributed by atoms with van der Waals surface area (Å²) in [4.78, 5) is 1.05. The van der Waals surface area contributed by atoms with Gasteiger partial charge in [-0.3, -0.25) is 0 Å². The molecule has 82 valence electrons. The quantitative estimate of drug-likeness (QED) is 0.785. The van der Waals surface area contributed by atoms with E-state index in [1.165, 1.54) is 6.08 Å². The van der Waals surface area contributed by atoms with E-state index in [1.54, 1.807) is 18.9 Å². The van der Waals surface area contributed by atoms with Crippen molar-refractivity contribution < 1.29 is 9.13 Å². The van der Waals surface area contributed by atoms with Gasteiger partial charge in [0.15, 0.2) is 0 Å². The minimum atomic E-state index is -0.273.